The molecule has 1 aromatic rings. The van der Waals surface area contributed by atoms with E-state index in [1.807, 2.05) is 24.3 Å². The minimum atomic E-state index is 0. The van der Waals surface area contributed by atoms with E-state index >= 15 is 0 Å². The Kier molecular flexibility index (Phi) is 4.67. The Hall–Kier alpha value is 0.570. The van der Waals surface area contributed by atoms with E-state index < -0.39 is 0 Å². The van der Waals surface area contributed by atoms with Crippen molar-refractivity contribution in [2.75, 3.05) is 0 Å². The van der Waals surface area contributed by atoms with Gasteiger partial charge in [0.25, 0.3) is 0 Å². The third-order valence-corrected chi connectivity index (χ3v) is 1.33. The SMILES string of the molecule is Cc1ccc(S)cc1.[NaH]. The molecule has 0 bridgehead atoms. The van der Waals surface area contributed by atoms with Crippen LogP contribution in [0.2, 0.25) is 0 Å². The van der Waals surface area contributed by atoms with Crippen LogP contribution in [0.1, 0.15) is 5.56 Å². The molecule has 44 valence electrons. The molecule has 0 radical (unpaired) electrons. The van der Waals surface area contributed by atoms with Crippen LogP contribution in [0.25, 0.3) is 0 Å². The van der Waals surface area contributed by atoms with Gasteiger partial charge in [-0.3, -0.25) is 0 Å². The van der Waals surface area contributed by atoms with Gasteiger partial charge in [-0.05, 0) is 19.1 Å². The van der Waals surface area contributed by atoms with Gasteiger partial charge in [0.05, 0.1) is 0 Å². The molecule has 0 saturated carbocycles. The first-order valence-electron chi connectivity index (χ1n) is 2.54. The van der Waals surface area contributed by atoms with Gasteiger partial charge < -0.3 is 0 Å². The van der Waals surface area contributed by atoms with Crippen LogP contribution in [0.5, 0.6) is 0 Å². The van der Waals surface area contributed by atoms with E-state index in [2.05, 4.69) is 19.6 Å². The van der Waals surface area contributed by atoms with Crippen molar-refractivity contribution in [3.05, 3.63) is 29.8 Å². The van der Waals surface area contributed by atoms with Crippen molar-refractivity contribution in [3.63, 3.8) is 0 Å². The van der Waals surface area contributed by atoms with E-state index in [1.165, 1.54) is 5.56 Å². The summed E-state index contributed by atoms with van der Waals surface area (Å²) in [6, 6.07) is 8.06. The fraction of sp³-hybridized carbons (Fsp3) is 0.143. The standard InChI is InChI=1S/C7H8S.Na.H/c1-6-2-4-7(8)5-3-6;;/h2-5,8H,1H3;;. The summed E-state index contributed by atoms with van der Waals surface area (Å²) in [4.78, 5) is 1.02. The number of hydrogen-bond acceptors (Lipinski definition) is 1. The van der Waals surface area contributed by atoms with Crippen molar-refractivity contribution in [1.82, 2.24) is 0 Å². The summed E-state index contributed by atoms with van der Waals surface area (Å²) in [6.45, 7) is 2.06. The van der Waals surface area contributed by atoms with Gasteiger partial charge >= 0.3 is 29.6 Å². The van der Waals surface area contributed by atoms with E-state index in [9.17, 15) is 0 Å². The summed E-state index contributed by atoms with van der Waals surface area (Å²) in [5.74, 6) is 0. The molecule has 0 aliphatic rings. The molecule has 1 aromatic carbocycles. The van der Waals surface area contributed by atoms with Crippen LogP contribution in [0.15, 0.2) is 29.2 Å². The average molecular weight is 148 g/mol. The molecule has 0 amide bonds. The molecule has 0 aliphatic heterocycles. The Bertz CT molecular complexity index is 148. The van der Waals surface area contributed by atoms with Crippen LogP contribution < -0.4 is 0 Å². The van der Waals surface area contributed by atoms with Crippen molar-refractivity contribution < 1.29 is 0 Å². The van der Waals surface area contributed by atoms with Gasteiger partial charge in [-0.2, -0.15) is 0 Å². The maximum absolute atomic E-state index is 4.13. The second kappa shape index (κ2) is 4.40. The molecule has 0 atom stereocenters. The van der Waals surface area contributed by atoms with Gasteiger partial charge in [-0.15, -0.1) is 12.6 Å². The van der Waals surface area contributed by atoms with Gasteiger partial charge in [-0.1, -0.05) is 17.7 Å². The molecule has 0 fully saturated rings. The summed E-state index contributed by atoms with van der Waals surface area (Å²) in [6.07, 6.45) is 0. The molecule has 0 nitrogen and oxygen atoms in total. The first-order chi connectivity index (χ1) is 3.79. The topological polar surface area (TPSA) is 0 Å². The van der Waals surface area contributed by atoms with E-state index in [1.54, 1.807) is 0 Å². The number of thiol groups is 1. The van der Waals surface area contributed by atoms with Crippen molar-refractivity contribution in [3.8, 4) is 0 Å². The van der Waals surface area contributed by atoms with Crippen molar-refractivity contribution in [2.45, 2.75) is 11.8 Å². The molecule has 0 spiro atoms. The molecule has 0 unspecified atom stereocenters. The van der Waals surface area contributed by atoms with Crippen molar-refractivity contribution in [1.29, 1.82) is 0 Å². The number of rotatable bonds is 0. The normalized spacial score (nSPS) is 8.22. The van der Waals surface area contributed by atoms with Crippen LogP contribution in [-0.4, -0.2) is 29.6 Å². The first kappa shape index (κ1) is 9.57. The summed E-state index contributed by atoms with van der Waals surface area (Å²) >= 11 is 4.13. The average Bonchev–Trinajstić information content (AvgIpc) is 1.77. The molecular formula is C7H9NaS. The van der Waals surface area contributed by atoms with Crippen LogP contribution in [-0.2, 0) is 0 Å². The Morgan fingerprint density at radius 2 is 1.56 bits per heavy atom. The molecule has 1 rings (SSSR count). The van der Waals surface area contributed by atoms with Gasteiger partial charge in [0.1, 0.15) is 0 Å². The molecule has 9 heavy (non-hydrogen) atoms. The zero-order valence-electron chi connectivity index (χ0n) is 4.76. The number of aryl methyl sites for hydroxylation is 1. The van der Waals surface area contributed by atoms with Crippen LogP contribution in [0.4, 0.5) is 0 Å². The summed E-state index contributed by atoms with van der Waals surface area (Å²) in [5, 5.41) is 0. The van der Waals surface area contributed by atoms with Gasteiger partial charge in [0, 0.05) is 4.90 Å². The second-order valence-corrected chi connectivity index (χ2v) is 2.35. The molecule has 0 saturated heterocycles. The predicted molar refractivity (Wildman–Crippen MR) is 45.6 cm³/mol. The van der Waals surface area contributed by atoms with Crippen molar-refractivity contribution >= 4 is 42.2 Å². The third kappa shape index (κ3) is 3.31. The van der Waals surface area contributed by atoms with Gasteiger partial charge in [0.15, 0.2) is 0 Å². The van der Waals surface area contributed by atoms with Gasteiger partial charge in [-0.25, -0.2) is 0 Å². The van der Waals surface area contributed by atoms with Crippen molar-refractivity contribution in [2.24, 2.45) is 0 Å². The van der Waals surface area contributed by atoms with E-state index in [4.69, 9.17) is 0 Å². The first-order valence-corrected chi connectivity index (χ1v) is 2.99. The van der Waals surface area contributed by atoms with Crippen LogP contribution in [0.3, 0.4) is 0 Å². The number of benzene rings is 1. The fourth-order valence-electron chi connectivity index (χ4n) is 0.545. The Balaban J connectivity index is 0.000000640. The van der Waals surface area contributed by atoms with E-state index in [0.29, 0.717) is 0 Å². The fourth-order valence-corrected chi connectivity index (χ4v) is 0.694. The molecule has 2 heteroatoms. The summed E-state index contributed by atoms with van der Waals surface area (Å²) in [5.41, 5.74) is 1.28. The summed E-state index contributed by atoms with van der Waals surface area (Å²) < 4.78 is 0. The molecule has 0 aliphatic carbocycles. The maximum atomic E-state index is 4.13. The van der Waals surface area contributed by atoms with Crippen LogP contribution >= 0.6 is 12.6 Å². The van der Waals surface area contributed by atoms with E-state index in [0.717, 1.165) is 4.90 Å². The minimum absolute atomic E-state index is 0. The molecule has 0 heterocycles. The summed E-state index contributed by atoms with van der Waals surface area (Å²) in [7, 11) is 0. The molecule has 0 aromatic heterocycles. The van der Waals surface area contributed by atoms with E-state index in [-0.39, 0.29) is 29.6 Å². The third-order valence-electron chi connectivity index (χ3n) is 1.03. The predicted octanol–water partition coefficient (Wildman–Crippen LogP) is 1.64. The number of hydrogen-bond donors (Lipinski definition) is 1. The van der Waals surface area contributed by atoms with Gasteiger partial charge in [0.2, 0.25) is 0 Å². The second-order valence-electron chi connectivity index (χ2n) is 1.84. The molecule has 0 N–H and O–H groups in total. The Labute approximate surface area is 83.4 Å². The Morgan fingerprint density at radius 3 is 1.89 bits per heavy atom. The Morgan fingerprint density at radius 1 is 1.11 bits per heavy atom. The quantitative estimate of drug-likeness (QED) is 0.419. The zero-order valence-corrected chi connectivity index (χ0v) is 5.65. The molecular weight excluding hydrogens is 139 g/mol. The monoisotopic (exact) mass is 148 g/mol. The zero-order chi connectivity index (χ0) is 5.98. The van der Waals surface area contributed by atoms with Crippen LogP contribution in [0, 0.1) is 6.92 Å².